The van der Waals surface area contributed by atoms with E-state index in [2.05, 4.69) is 10.3 Å². The molecule has 3 nitrogen and oxygen atoms in total. The Labute approximate surface area is 124 Å². The number of aliphatic hydroxyl groups is 1. The second-order valence-electron chi connectivity index (χ2n) is 5.78. The van der Waals surface area contributed by atoms with Crippen LogP contribution in [0.25, 0.3) is 10.9 Å². The number of aliphatic hydroxyl groups excluding tert-OH is 1. The van der Waals surface area contributed by atoms with Crippen molar-refractivity contribution < 1.29 is 5.11 Å². The lowest BCUT2D eigenvalue weighted by Gasteiger charge is -2.15. The Morgan fingerprint density at radius 3 is 2.80 bits per heavy atom. The van der Waals surface area contributed by atoms with Crippen molar-refractivity contribution >= 4 is 28.3 Å². The van der Waals surface area contributed by atoms with Gasteiger partial charge in [-0.25, -0.2) is 4.98 Å². The first-order valence-electron chi connectivity index (χ1n) is 7.04. The van der Waals surface area contributed by atoms with Crippen LogP contribution in [0.2, 0.25) is 5.02 Å². The minimum absolute atomic E-state index is 0.265. The van der Waals surface area contributed by atoms with Crippen LogP contribution in [0.4, 0.5) is 5.82 Å². The van der Waals surface area contributed by atoms with Gasteiger partial charge in [0.1, 0.15) is 5.82 Å². The van der Waals surface area contributed by atoms with E-state index >= 15 is 0 Å². The lowest BCUT2D eigenvalue weighted by molar-refractivity contribution is 0.253. The molecule has 1 aliphatic carbocycles. The number of nitrogens with one attached hydrogen (secondary N) is 1. The van der Waals surface area contributed by atoms with Gasteiger partial charge in [0.05, 0.1) is 5.52 Å². The molecule has 0 radical (unpaired) electrons. The summed E-state index contributed by atoms with van der Waals surface area (Å²) >= 11 is 6.19. The Bertz CT molecular complexity index is 638. The summed E-state index contributed by atoms with van der Waals surface area (Å²) in [5.41, 5.74) is 2.37. The number of fused-ring (bicyclic) bond motifs is 1. The summed E-state index contributed by atoms with van der Waals surface area (Å²) in [7, 11) is 0. The van der Waals surface area contributed by atoms with Gasteiger partial charge in [0.25, 0.3) is 0 Å². The van der Waals surface area contributed by atoms with Crippen molar-refractivity contribution in [2.45, 2.75) is 26.2 Å². The number of pyridine rings is 1. The Morgan fingerprint density at radius 1 is 1.30 bits per heavy atom. The van der Waals surface area contributed by atoms with E-state index in [0.717, 1.165) is 40.3 Å². The Morgan fingerprint density at radius 2 is 2.10 bits per heavy atom. The molecule has 1 heterocycles. The molecular formula is C16H19ClN2O. The van der Waals surface area contributed by atoms with Gasteiger partial charge < -0.3 is 10.4 Å². The van der Waals surface area contributed by atoms with E-state index in [1.54, 1.807) is 0 Å². The number of anilines is 1. The molecule has 0 unspecified atom stereocenters. The van der Waals surface area contributed by atoms with Crippen LogP contribution in [0.3, 0.4) is 0 Å². The first-order valence-corrected chi connectivity index (χ1v) is 7.42. The predicted octanol–water partition coefficient (Wildman–Crippen LogP) is 3.77. The van der Waals surface area contributed by atoms with Crippen LogP contribution in [0.1, 0.15) is 24.8 Å². The van der Waals surface area contributed by atoms with Crippen LogP contribution in [0.15, 0.2) is 24.3 Å². The summed E-state index contributed by atoms with van der Waals surface area (Å²) in [6, 6.07) is 7.90. The second-order valence-corrected chi connectivity index (χ2v) is 6.19. The van der Waals surface area contributed by atoms with Crippen LogP contribution in [-0.4, -0.2) is 23.2 Å². The largest absolute Gasteiger partial charge is 0.396 e. The number of hydrogen-bond acceptors (Lipinski definition) is 3. The average Bonchev–Trinajstić information content (AvgIpc) is 3.21. The molecule has 0 amide bonds. The van der Waals surface area contributed by atoms with Gasteiger partial charge in [-0.2, -0.15) is 0 Å². The van der Waals surface area contributed by atoms with Crippen LogP contribution >= 0.6 is 11.6 Å². The zero-order valence-electron chi connectivity index (χ0n) is 11.6. The van der Waals surface area contributed by atoms with Crippen molar-refractivity contribution in [1.29, 1.82) is 0 Å². The number of hydrogen-bond donors (Lipinski definition) is 2. The zero-order chi connectivity index (χ0) is 14.2. The third-order valence-electron chi connectivity index (χ3n) is 4.25. The topological polar surface area (TPSA) is 45.1 Å². The smallest absolute Gasteiger partial charge is 0.126 e. The van der Waals surface area contributed by atoms with Crippen molar-refractivity contribution in [3.63, 3.8) is 0 Å². The molecule has 0 saturated heterocycles. The van der Waals surface area contributed by atoms with Gasteiger partial charge in [-0.3, -0.25) is 0 Å². The quantitative estimate of drug-likeness (QED) is 0.881. The Hall–Kier alpha value is -1.32. The fourth-order valence-electron chi connectivity index (χ4n) is 2.62. The number of halogens is 1. The molecule has 2 aromatic rings. The highest BCUT2D eigenvalue weighted by Gasteiger charge is 2.41. The highest BCUT2D eigenvalue weighted by atomic mass is 35.5. The molecule has 20 heavy (non-hydrogen) atoms. The molecule has 0 spiro atoms. The van der Waals surface area contributed by atoms with Gasteiger partial charge in [0, 0.05) is 23.6 Å². The van der Waals surface area contributed by atoms with E-state index in [1.807, 2.05) is 31.2 Å². The summed E-state index contributed by atoms with van der Waals surface area (Å²) in [6.07, 6.45) is 3.26. The molecule has 3 rings (SSSR count). The number of nitrogens with zero attached hydrogens (tertiary/aromatic N) is 1. The molecule has 1 aromatic heterocycles. The summed E-state index contributed by atoms with van der Waals surface area (Å²) < 4.78 is 0. The molecule has 0 bridgehead atoms. The van der Waals surface area contributed by atoms with E-state index in [4.69, 9.17) is 16.7 Å². The van der Waals surface area contributed by atoms with Crippen molar-refractivity contribution in [3.05, 3.63) is 34.9 Å². The maximum absolute atomic E-state index is 9.09. The fourth-order valence-corrected chi connectivity index (χ4v) is 2.84. The van der Waals surface area contributed by atoms with E-state index in [9.17, 15) is 0 Å². The molecule has 0 atom stereocenters. The minimum atomic E-state index is 0.265. The number of aryl methyl sites for hydroxylation is 1. The molecule has 0 aliphatic heterocycles. The SMILES string of the molecule is Cc1ccc(Cl)c2ccc(NCC3(CCO)CC3)nc12. The van der Waals surface area contributed by atoms with Gasteiger partial charge >= 0.3 is 0 Å². The number of benzene rings is 1. The van der Waals surface area contributed by atoms with Crippen molar-refractivity contribution in [2.24, 2.45) is 5.41 Å². The highest BCUT2D eigenvalue weighted by Crippen LogP contribution is 2.48. The van der Waals surface area contributed by atoms with E-state index in [1.165, 1.54) is 12.8 Å². The summed E-state index contributed by atoms with van der Waals surface area (Å²) in [5, 5.41) is 14.2. The van der Waals surface area contributed by atoms with Gasteiger partial charge in [-0.15, -0.1) is 0 Å². The van der Waals surface area contributed by atoms with Crippen LogP contribution in [-0.2, 0) is 0 Å². The average molecular weight is 291 g/mol. The predicted molar refractivity (Wildman–Crippen MR) is 83.3 cm³/mol. The second kappa shape index (κ2) is 5.23. The van der Waals surface area contributed by atoms with Crippen LogP contribution in [0.5, 0.6) is 0 Å². The van der Waals surface area contributed by atoms with Crippen LogP contribution < -0.4 is 5.32 Å². The molecule has 1 fully saturated rings. The monoisotopic (exact) mass is 290 g/mol. The third kappa shape index (κ3) is 2.60. The lowest BCUT2D eigenvalue weighted by atomic mass is 10.0. The highest BCUT2D eigenvalue weighted by molar-refractivity contribution is 6.35. The van der Waals surface area contributed by atoms with E-state index < -0.39 is 0 Å². The molecule has 1 aliphatic rings. The van der Waals surface area contributed by atoms with Crippen molar-refractivity contribution in [1.82, 2.24) is 4.98 Å². The molecular weight excluding hydrogens is 272 g/mol. The summed E-state index contributed by atoms with van der Waals surface area (Å²) in [4.78, 5) is 4.67. The van der Waals surface area contributed by atoms with Crippen molar-refractivity contribution in [3.8, 4) is 0 Å². The number of rotatable bonds is 5. The molecule has 2 N–H and O–H groups in total. The van der Waals surface area contributed by atoms with Gasteiger partial charge in [-0.1, -0.05) is 17.7 Å². The lowest BCUT2D eigenvalue weighted by Crippen LogP contribution is -2.17. The molecule has 4 heteroatoms. The van der Waals surface area contributed by atoms with Crippen molar-refractivity contribution in [2.75, 3.05) is 18.5 Å². The minimum Gasteiger partial charge on any atom is -0.396 e. The normalized spacial score (nSPS) is 16.4. The molecule has 106 valence electrons. The van der Waals surface area contributed by atoms with Gasteiger partial charge in [0.2, 0.25) is 0 Å². The summed E-state index contributed by atoms with van der Waals surface area (Å²) in [5.74, 6) is 0.882. The molecule has 1 aromatic carbocycles. The maximum Gasteiger partial charge on any atom is 0.126 e. The number of aromatic nitrogens is 1. The van der Waals surface area contributed by atoms with Crippen LogP contribution in [0, 0.1) is 12.3 Å². The third-order valence-corrected chi connectivity index (χ3v) is 4.58. The fraction of sp³-hybridized carbons (Fsp3) is 0.438. The molecule has 1 saturated carbocycles. The Kier molecular flexibility index (Phi) is 3.57. The van der Waals surface area contributed by atoms with Gasteiger partial charge in [0.15, 0.2) is 0 Å². The van der Waals surface area contributed by atoms with E-state index in [0.29, 0.717) is 0 Å². The first-order chi connectivity index (χ1) is 9.63. The summed E-state index contributed by atoms with van der Waals surface area (Å²) in [6.45, 7) is 3.19. The zero-order valence-corrected chi connectivity index (χ0v) is 12.4. The standard InChI is InChI=1S/C16H19ClN2O/c1-11-2-4-13(17)12-3-5-14(19-15(11)12)18-10-16(6-7-16)8-9-20/h2-5,20H,6-10H2,1H3,(H,18,19). The maximum atomic E-state index is 9.09. The van der Waals surface area contributed by atoms with Gasteiger partial charge in [-0.05, 0) is 55.4 Å². The first kappa shape index (κ1) is 13.7. The van der Waals surface area contributed by atoms with E-state index in [-0.39, 0.29) is 12.0 Å². The Balaban J connectivity index is 1.81.